The maximum absolute atomic E-state index is 14.2. The molecule has 33 heavy (non-hydrogen) atoms. The van der Waals surface area contributed by atoms with Crippen LogP contribution in [0.5, 0.6) is 5.75 Å². The second-order valence-electron chi connectivity index (χ2n) is 8.54. The molecule has 4 rings (SSSR count). The molecule has 8 heteroatoms. The van der Waals surface area contributed by atoms with Crippen molar-refractivity contribution in [1.29, 1.82) is 0 Å². The van der Waals surface area contributed by atoms with Crippen molar-refractivity contribution >= 4 is 22.5 Å². The topological polar surface area (TPSA) is 55.0 Å². The monoisotopic (exact) mass is 449 g/mol. The molecule has 0 N–H and O–H groups in total. The van der Waals surface area contributed by atoms with Crippen LogP contribution in [0.25, 0.3) is 15.9 Å². The van der Waals surface area contributed by atoms with Gasteiger partial charge in [0.05, 0.1) is 18.3 Å². The summed E-state index contributed by atoms with van der Waals surface area (Å²) in [4.78, 5) is 25.3. The number of pyridine rings is 2. The van der Waals surface area contributed by atoms with Gasteiger partial charge in [0.25, 0.3) is 11.4 Å². The van der Waals surface area contributed by atoms with Crippen molar-refractivity contribution in [3.8, 4) is 5.75 Å². The van der Waals surface area contributed by atoms with E-state index in [1.54, 1.807) is 35.9 Å². The fraction of sp³-hybridized carbons (Fsp3) is 0.400. The summed E-state index contributed by atoms with van der Waals surface area (Å²) in [6.07, 6.45) is 0.908. The van der Waals surface area contributed by atoms with Gasteiger partial charge in [-0.1, -0.05) is 19.6 Å². The first-order valence-corrected chi connectivity index (χ1v) is 11.1. The minimum Gasteiger partial charge on any atom is -0.494 e. The SMILES string of the molecule is [C-]#[N+]c1ccc2c(n1)c(N1C[C@@H](CC)N(Cc3ccc(OC)c(F)c3)C[C@@H]1C)cc(=O)n2C. The molecule has 3 aromatic rings. The maximum atomic E-state index is 14.2. The largest absolute Gasteiger partial charge is 0.494 e. The smallest absolute Gasteiger partial charge is 0.270 e. The first-order chi connectivity index (χ1) is 15.9. The van der Waals surface area contributed by atoms with Gasteiger partial charge < -0.3 is 19.0 Å². The van der Waals surface area contributed by atoms with Crippen molar-refractivity contribution in [3.63, 3.8) is 0 Å². The van der Waals surface area contributed by atoms with Crippen molar-refractivity contribution in [2.24, 2.45) is 7.05 Å². The Balaban J connectivity index is 1.66. The number of benzene rings is 1. The van der Waals surface area contributed by atoms with Gasteiger partial charge in [-0.05, 0) is 43.2 Å². The Hall–Kier alpha value is -3.44. The number of halogens is 1. The maximum Gasteiger partial charge on any atom is 0.270 e. The third kappa shape index (κ3) is 4.29. The molecule has 7 nitrogen and oxygen atoms in total. The van der Waals surface area contributed by atoms with Crippen LogP contribution >= 0.6 is 0 Å². The zero-order valence-corrected chi connectivity index (χ0v) is 19.4. The van der Waals surface area contributed by atoms with Crippen molar-refractivity contribution in [2.45, 2.75) is 38.9 Å². The highest BCUT2D eigenvalue weighted by Crippen LogP contribution is 2.31. The molecule has 0 unspecified atom stereocenters. The molecule has 0 bridgehead atoms. The van der Waals surface area contributed by atoms with E-state index >= 15 is 0 Å². The number of fused-ring (bicyclic) bond motifs is 1. The van der Waals surface area contributed by atoms with E-state index in [-0.39, 0.29) is 29.2 Å². The van der Waals surface area contributed by atoms with Gasteiger partial charge >= 0.3 is 0 Å². The van der Waals surface area contributed by atoms with Gasteiger partial charge in [0, 0.05) is 44.8 Å². The van der Waals surface area contributed by atoms with Gasteiger partial charge in [0.2, 0.25) is 5.52 Å². The fourth-order valence-corrected chi connectivity index (χ4v) is 4.65. The third-order valence-corrected chi connectivity index (χ3v) is 6.51. The van der Waals surface area contributed by atoms with Crippen molar-refractivity contribution in [3.05, 3.63) is 69.5 Å². The van der Waals surface area contributed by atoms with E-state index in [2.05, 4.69) is 33.5 Å². The van der Waals surface area contributed by atoms with E-state index in [0.717, 1.165) is 24.2 Å². The highest BCUT2D eigenvalue weighted by Gasteiger charge is 2.33. The molecule has 1 saturated heterocycles. The van der Waals surface area contributed by atoms with Crippen molar-refractivity contribution < 1.29 is 9.13 Å². The zero-order chi connectivity index (χ0) is 23.7. The molecule has 1 fully saturated rings. The van der Waals surface area contributed by atoms with Crippen LogP contribution in [0.3, 0.4) is 0 Å². The number of anilines is 1. The van der Waals surface area contributed by atoms with E-state index in [9.17, 15) is 9.18 Å². The van der Waals surface area contributed by atoms with Gasteiger partial charge in [0.1, 0.15) is 0 Å². The Morgan fingerprint density at radius 3 is 2.70 bits per heavy atom. The van der Waals surface area contributed by atoms with Crippen LogP contribution in [0.4, 0.5) is 15.9 Å². The van der Waals surface area contributed by atoms with Crippen LogP contribution in [-0.2, 0) is 13.6 Å². The van der Waals surface area contributed by atoms with Crippen molar-refractivity contribution in [1.82, 2.24) is 14.5 Å². The standard InChI is InChI=1S/C25H28FN5O2/c1-6-18-15-31(16(2)13-30(18)14-17-7-9-22(33-5)19(26)11-17)21-12-24(32)29(4)20-8-10-23(27-3)28-25(20)21/h7-12,16,18H,6,13-15H2,1-2,4-5H3/t16-,18+/m0/s1. The molecule has 1 aliphatic rings. The molecule has 0 saturated carbocycles. The number of aromatic nitrogens is 2. The van der Waals surface area contributed by atoms with Gasteiger partial charge in [-0.3, -0.25) is 9.69 Å². The number of aryl methyl sites for hydroxylation is 1. The number of nitrogens with zero attached hydrogens (tertiary/aromatic N) is 5. The first-order valence-electron chi connectivity index (χ1n) is 11.1. The number of rotatable bonds is 5. The number of piperazine rings is 1. The molecular weight excluding hydrogens is 421 g/mol. The Morgan fingerprint density at radius 1 is 1.24 bits per heavy atom. The number of hydrogen-bond acceptors (Lipinski definition) is 5. The lowest BCUT2D eigenvalue weighted by atomic mass is 10.0. The summed E-state index contributed by atoms with van der Waals surface area (Å²) in [6.45, 7) is 13.7. The first kappa shape index (κ1) is 22.7. The zero-order valence-electron chi connectivity index (χ0n) is 19.4. The molecule has 172 valence electrons. The summed E-state index contributed by atoms with van der Waals surface area (Å²) < 4.78 is 20.8. The predicted octanol–water partition coefficient (Wildman–Crippen LogP) is 4.12. The molecule has 2 atom stereocenters. The molecule has 0 amide bonds. The second-order valence-corrected chi connectivity index (χ2v) is 8.54. The van der Waals surface area contributed by atoms with Gasteiger partial charge in [-0.2, -0.15) is 0 Å². The Bertz CT molecular complexity index is 1280. The molecule has 0 aliphatic carbocycles. The van der Waals surface area contributed by atoms with Gasteiger partial charge in [-0.25, -0.2) is 4.39 Å². The molecule has 0 radical (unpaired) electrons. The average Bonchev–Trinajstić information content (AvgIpc) is 2.81. The van der Waals surface area contributed by atoms with Crippen LogP contribution in [0.15, 0.2) is 41.2 Å². The van der Waals surface area contributed by atoms with E-state index in [4.69, 9.17) is 11.3 Å². The normalized spacial score (nSPS) is 19.0. The minimum absolute atomic E-state index is 0.101. The number of ether oxygens (including phenoxy) is 1. The molecule has 1 aromatic carbocycles. The predicted molar refractivity (Wildman–Crippen MR) is 127 cm³/mol. The molecule has 0 spiro atoms. The summed E-state index contributed by atoms with van der Waals surface area (Å²) in [5.41, 5.74) is 2.93. The summed E-state index contributed by atoms with van der Waals surface area (Å²) >= 11 is 0. The summed E-state index contributed by atoms with van der Waals surface area (Å²) in [5, 5.41) is 0. The molecule has 1 aliphatic heterocycles. The Morgan fingerprint density at radius 2 is 2.03 bits per heavy atom. The van der Waals surface area contributed by atoms with Crippen LogP contribution in [0, 0.1) is 12.4 Å². The average molecular weight is 450 g/mol. The Kier molecular flexibility index (Phi) is 6.34. The van der Waals surface area contributed by atoms with Crippen LogP contribution in [0.1, 0.15) is 25.8 Å². The van der Waals surface area contributed by atoms with E-state index < -0.39 is 0 Å². The number of hydrogen-bond donors (Lipinski definition) is 0. The van der Waals surface area contributed by atoms with Gasteiger partial charge in [0.15, 0.2) is 11.6 Å². The van der Waals surface area contributed by atoms with Crippen LogP contribution in [-0.4, -0.2) is 46.7 Å². The van der Waals surface area contributed by atoms with E-state index in [0.29, 0.717) is 29.9 Å². The quantitative estimate of drug-likeness (QED) is 0.549. The lowest BCUT2D eigenvalue weighted by Gasteiger charge is -2.46. The fourth-order valence-electron chi connectivity index (χ4n) is 4.65. The summed E-state index contributed by atoms with van der Waals surface area (Å²) in [7, 11) is 3.18. The second kappa shape index (κ2) is 9.20. The Labute approximate surface area is 192 Å². The van der Waals surface area contributed by atoms with E-state index in [1.165, 1.54) is 13.2 Å². The lowest BCUT2D eigenvalue weighted by Crippen LogP contribution is -2.57. The summed E-state index contributed by atoms with van der Waals surface area (Å²) in [5.74, 6) is 0.193. The molecule has 2 aromatic heterocycles. The summed E-state index contributed by atoms with van der Waals surface area (Å²) in [6, 6.07) is 10.5. The third-order valence-electron chi connectivity index (χ3n) is 6.51. The highest BCUT2D eigenvalue weighted by molar-refractivity contribution is 5.89. The number of methoxy groups -OCH3 is 1. The minimum atomic E-state index is -0.358. The van der Waals surface area contributed by atoms with Crippen molar-refractivity contribution in [2.75, 3.05) is 25.1 Å². The molecular formula is C25H28FN5O2. The van der Waals surface area contributed by atoms with E-state index in [1.807, 2.05) is 6.07 Å². The highest BCUT2D eigenvalue weighted by atomic mass is 19.1. The van der Waals surface area contributed by atoms with Gasteiger partial charge in [-0.15, -0.1) is 4.98 Å². The van der Waals surface area contributed by atoms with Crippen LogP contribution < -0.4 is 15.2 Å². The molecule has 3 heterocycles. The van der Waals surface area contributed by atoms with Crippen LogP contribution in [0.2, 0.25) is 0 Å². The lowest BCUT2D eigenvalue weighted by molar-refractivity contribution is 0.142.